The van der Waals surface area contributed by atoms with Crippen LogP contribution in [0.25, 0.3) is 0 Å². The Labute approximate surface area is 102 Å². The van der Waals surface area contributed by atoms with Crippen molar-refractivity contribution in [2.24, 2.45) is 5.84 Å². The van der Waals surface area contributed by atoms with E-state index in [1.165, 1.54) is 0 Å². The van der Waals surface area contributed by atoms with E-state index in [4.69, 9.17) is 5.84 Å². The number of rotatable bonds is 5. The van der Waals surface area contributed by atoms with Crippen molar-refractivity contribution in [2.45, 2.75) is 45.2 Å². The molecule has 0 aromatic rings. The summed E-state index contributed by atoms with van der Waals surface area (Å²) in [4.78, 5) is 24.9. The van der Waals surface area contributed by atoms with Crippen molar-refractivity contribution in [3.8, 4) is 0 Å². The normalized spacial score (nSPS) is 23.0. The summed E-state index contributed by atoms with van der Waals surface area (Å²) in [6, 6.07) is 0.142. The maximum atomic E-state index is 11.7. The predicted molar refractivity (Wildman–Crippen MR) is 64.8 cm³/mol. The van der Waals surface area contributed by atoms with Crippen molar-refractivity contribution in [1.29, 1.82) is 0 Å². The quantitative estimate of drug-likeness (QED) is 0.340. The highest BCUT2D eigenvalue weighted by atomic mass is 16.2. The van der Waals surface area contributed by atoms with Crippen LogP contribution in [0.5, 0.6) is 0 Å². The molecule has 1 rings (SSSR count). The number of hydrogen-bond acceptors (Lipinski definition) is 4. The molecule has 0 saturated carbocycles. The number of nitrogens with two attached hydrogens (primary N) is 1. The van der Waals surface area contributed by atoms with Gasteiger partial charge in [0.25, 0.3) is 0 Å². The molecule has 0 radical (unpaired) electrons. The van der Waals surface area contributed by atoms with Gasteiger partial charge in [-0.2, -0.15) is 0 Å². The summed E-state index contributed by atoms with van der Waals surface area (Å²) < 4.78 is 0. The first kappa shape index (κ1) is 13.9. The molecule has 1 saturated heterocycles. The first-order valence-corrected chi connectivity index (χ1v) is 6.13. The third kappa shape index (κ3) is 3.67. The average Bonchev–Trinajstić information content (AvgIpc) is 2.35. The SMILES string of the molecule is CCC1C(=O)NCCN1C(C)CCC(=O)NN. The van der Waals surface area contributed by atoms with Crippen molar-refractivity contribution in [3.05, 3.63) is 0 Å². The molecule has 2 atom stereocenters. The molecule has 98 valence electrons. The first-order chi connectivity index (χ1) is 8.10. The van der Waals surface area contributed by atoms with Gasteiger partial charge < -0.3 is 5.32 Å². The number of nitrogens with zero attached hydrogens (tertiary/aromatic N) is 1. The molecule has 0 bridgehead atoms. The first-order valence-electron chi connectivity index (χ1n) is 6.13. The predicted octanol–water partition coefficient (Wildman–Crippen LogP) is -0.645. The summed E-state index contributed by atoms with van der Waals surface area (Å²) in [5.74, 6) is 4.97. The van der Waals surface area contributed by atoms with Crippen molar-refractivity contribution in [3.63, 3.8) is 0 Å². The Morgan fingerprint density at radius 2 is 2.41 bits per heavy atom. The van der Waals surface area contributed by atoms with Gasteiger partial charge in [0.1, 0.15) is 0 Å². The van der Waals surface area contributed by atoms with Gasteiger partial charge in [-0.3, -0.25) is 19.9 Å². The Morgan fingerprint density at radius 3 is 3.00 bits per heavy atom. The Kier molecular flexibility index (Phi) is 5.37. The molecule has 0 aliphatic carbocycles. The van der Waals surface area contributed by atoms with Crippen LogP contribution in [-0.2, 0) is 9.59 Å². The van der Waals surface area contributed by atoms with E-state index < -0.39 is 0 Å². The van der Waals surface area contributed by atoms with Crippen LogP contribution in [0.15, 0.2) is 0 Å². The standard InChI is InChI=1S/C11H22N4O2/c1-3-9-11(17)13-6-7-15(9)8(2)4-5-10(16)14-12/h8-9H,3-7,12H2,1-2H3,(H,13,17)(H,14,16). The van der Waals surface area contributed by atoms with Crippen LogP contribution in [0, 0.1) is 0 Å². The maximum absolute atomic E-state index is 11.7. The van der Waals surface area contributed by atoms with E-state index in [0.717, 1.165) is 13.0 Å². The summed E-state index contributed by atoms with van der Waals surface area (Å²) >= 11 is 0. The minimum Gasteiger partial charge on any atom is -0.353 e. The summed E-state index contributed by atoms with van der Waals surface area (Å²) in [6.07, 6.45) is 1.90. The van der Waals surface area contributed by atoms with Crippen LogP contribution < -0.4 is 16.6 Å². The van der Waals surface area contributed by atoms with Gasteiger partial charge in [-0.1, -0.05) is 6.92 Å². The summed E-state index contributed by atoms with van der Waals surface area (Å²) in [5, 5.41) is 2.86. The molecular formula is C11H22N4O2. The fourth-order valence-electron chi connectivity index (χ4n) is 2.26. The van der Waals surface area contributed by atoms with Gasteiger partial charge in [-0.05, 0) is 19.8 Å². The van der Waals surface area contributed by atoms with Crippen molar-refractivity contribution in [1.82, 2.24) is 15.6 Å². The van der Waals surface area contributed by atoms with Crippen LogP contribution >= 0.6 is 0 Å². The topological polar surface area (TPSA) is 87.5 Å². The zero-order chi connectivity index (χ0) is 12.8. The molecule has 6 heteroatoms. The van der Waals surface area contributed by atoms with Gasteiger partial charge in [0, 0.05) is 25.6 Å². The largest absolute Gasteiger partial charge is 0.353 e. The lowest BCUT2D eigenvalue weighted by atomic mass is 10.0. The van der Waals surface area contributed by atoms with E-state index in [-0.39, 0.29) is 23.9 Å². The molecule has 2 unspecified atom stereocenters. The second-order valence-electron chi connectivity index (χ2n) is 4.41. The van der Waals surface area contributed by atoms with E-state index in [1.54, 1.807) is 0 Å². The molecule has 1 heterocycles. The summed E-state index contributed by atoms with van der Waals surface area (Å²) in [5.41, 5.74) is 2.12. The molecule has 2 amide bonds. The molecule has 17 heavy (non-hydrogen) atoms. The molecule has 6 nitrogen and oxygen atoms in total. The lowest BCUT2D eigenvalue weighted by Gasteiger charge is -2.38. The molecule has 0 spiro atoms. The van der Waals surface area contributed by atoms with Gasteiger partial charge in [-0.15, -0.1) is 0 Å². The van der Waals surface area contributed by atoms with Crippen LogP contribution in [0.3, 0.4) is 0 Å². The fourth-order valence-corrected chi connectivity index (χ4v) is 2.26. The highest BCUT2D eigenvalue weighted by Gasteiger charge is 2.31. The van der Waals surface area contributed by atoms with E-state index >= 15 is 0 Å². The Hall–Kier alpha value is -1.14. The number of nitrogens with one attached hydrogen (secondary N) is 2. The van der Waals surface area contributed by atoms with Gasteiger partial charge in [-0.25, -0.2) is 5.84 Å². The Balaban J connectivity index is 2.51. The number of hydrazine groups is 1. The molecule has 0 aromatic carbocycles. The highest BCUT2D eigenvalue weighted by Crippen LogP contribution is 2.15. The maximum Gasteiger partial charge on any atom is 0.237 e. The number of hydrogen-bond donors (Lipinski definition) is 3. The second kappa shape index (κ2) is 6.56. The summed E-state index contributed by atoms with van der Waals surface area (Å²) in [6.45, 7) is 5.57. The second-order valence-corrected chi connectivity index (χ2v) is 4.41. The fraction of sp³-hybridized carbons (Fsp3) is 0.818. The monoisotopic (exact) mass is 242 g/mol. The highest BCUT2D eigenvalue weighted by molar-refractivity contribution is 5.82. The van der Waals surface area contributed by atoms with Crippen LogP contribution in [-0.4, -0.2) is 41.9 Å². The molecule has 0 aromatic heterocycles. The minimum absolute atomic E-state index is 0.0697. The van der Waals surface area contributed by atoms with Gasteiger partial charge in [0.2, 0.25) is 11.8 Å². The number of carbonyl (C=O) groups excluding carboxylic acids is 2. The molecule has 1 aliphatic rings. The average molecular weight is 242 g/mol. The third-order valence-corrected chi connectivity index (χ3v) is 3.28. The molecular weight excluding hydrogens is 220 g/mol. The lowest BCUT2D eigenvalue weighted by molar-refractivity contribution is -0.130. The Bertz CT molecular complexity index is 283. The van der Waals surface area contributed by atoms with E-state index in [2.05, 4.69) is 15.6 Å². The van der Waals surface area contributed by atoms with Gasteiger partial charge in [0.05, 0.1) is 6.04 Å². The zero-order valence-corrected chi connectivity index (χ0v) is 10.5. The molecule has 1 fully saturated rings. The van der Waals surface area contributed by atoms with E-state index in [9.17, 15) is 9.59 Å². The van der Waals surface area contributed by atoms with Crippen LogP contribution in [0.2, 0.25) is 0 Å². The van der Waals surface area contributed by atoms with Crippen molar-refractivity contribution < 1.29 is 9.59 Å². The van der Waals surface area contributed by atoms with Crippen molar-refractivity contribution >= 4 is 11.8 Å². The molecule has 1 aliphatic heterocycles. The van der Waals surface area contributed by atoms with E-state index in [0.29, 0.717) is 19.4 Å². The van der Waals surface area contributed by atoms with Crippen molar-refractivity contribution in [2.75, 3.05) is 13.1 Å². The number of carbonyl (C=O) groups is 2. The zero-order valence-electron chi connectivity index (χ0n) is 10.5. The lowest BCUT2D eigenvalue weighted by Crippen LogP contribution is -2.57. The Morgan fingerprint density at radius 1 is 1.71 bits per heavy atom. The molecule has 4 N–H and O–H groups in total. The van der Waals surface area contributed by atoms with Gasteiger partial charge >= 0.3 is 0 Å². The smallest absolute Gasteiger partial charge is 0.237 e. The van der Waals surface area contributed by atoms with Crippen LogP contribution in [0.4, 0.5) is 0 Å². The minimum atomic E-state index is -0.161. The summed E-state index contributed by atoms with van der Waals surface area (Å²) in [7, 11) is 0. The van der Waals surface area contributed by atoms with Gasteiger partial charge in [0.15, 0.2) is 0 Å². The number of piperazine rings is 1. The third-order valence-electron chi connectivity index (χ3n) is 3.28. The van der Waals surface area contributed by atoms with E-state index in [1.807, 2.05) is 13.8 Å². The number of amides is 2. The van der Waals surface area contributed by atoms with Crippen LogP contribution in [0.1, 0.15) is 33.1 Å².